The first kappa shape index (κ1) is 28.2. The van der Waals surface area contributed by atoms with Gasteiger partial charge >= 0.3 is 0 Å². The molecule has 0 radical (unpaired) electrons. The normalized spacial score (nSPS) is 12.2. The van der Waals surface area contributed by atoms with Gasteiger partial charge in [0.25, 0.3) is 0 Å². The van der Waals surface area contributed by atoms with E-state index in [0.29, 0.717) is 0 Å². The monoisotopic (exact) mass is 408 g/mol. The van der Waals surface area contributed by atoms with Crippen molar-refractivity contribution in [3.63, 3.8) is 0 Å². The number of hydrogen-bond acceptors (Lipinski definition) is 0. The molecule has 0 saturated carbocycles. The molecule has 0 unspecified atom stereocenters. The molecule has 0 saturated heterocycles. The fourth-order valence-electron chi connectivity index (χ4n) is 3.15. The van der Waals surface area contributed by atoms with Crippen LogP contribution in [-0.2, 0) is 0 Å². The minimum atomic E-state index is 1.05. The van der Waals surface area contributed by atoms with Crippen molar-refractivity contribution in [1.29, 1.82) is 0 Å². The van der Waals surface area contributed by atoms with Crippen LogP contribution in [0.5, 0.6) is 0 Å². The Labute approximate surface area is 188 Å². The van der Waals surface area contributed by atoms with Gasteiger partial charge in [-0.15, -0.1) is 0 Å². The van der Waals surface area contributed by atoms with E-state index in [2.05, 4.69) is 91.2 Å². The van der Waals surface area contributed by atoms with E-state index in [1.165, 1.54) is 46.3 Å². The van der Waals surface area contributed by atoms with Crippen molar-refractivity contribution in [2.75, 3.05) is 0 Å². The third-order valence-corrected chi connectivity index (χ3v) is 5.15. The lowest BCUT2D eigenvalue weighted by molar-refractivity contribution is 0.856. The second-order valence-corrected chi connectivity index (χ2v) is 9.17. The fourth-order valence-corrected chi connectivity index (χ4v) is 3.15. The van der Waals surface area contributed by atoms with Gasteiger partial charge in [0, 0.05) is 0 Å². The lowest BCUT2D eigenvalue weighted by Crippen LogP contribution is -1.83. The highest BCUT2D eigenvalue weighted by Gasteiger charge is 1.95. The Morgan fingerprint density at radius 1 is 0.533 bits per heavy atom. The zero-order chi connectivity index (χ0) is 22.8. The predicted octanol–water partition coefficient (Wildman–Crippen LogP) is 10.4. The zero-order valence-electron chi connectivity index (χ0n) is 20.9. The van der Waals surface area contributed by atoms with Crippen molar-refractivity contribution in [1.82, 2.24) is 0 Å². The van der Waals surface area contributed by atoms with Crippen molar-refractivity contribution < 1.29 is 0 Å². The van der Waals surface area contributed by atoms with Crippen LogP contribution >= 0.6 is 0 Å². The Morgan fingerprint density at radius 3 is 1.47 bits per heavy atom. The molecule has 0 spiro atoms. The van der Waals surface area contributed by atoms with E-state index in [4.69, 9.17) is 0 Å². The Hall–Kier alpha value is -1.82. The molecule has 0 nitrogen and oxygen atoms in total. The highest BCUT2D eigenvalue weighted by Crippen LogP contribution is 2.15. The topological polar surface area (TPSA) is 0 Å². The molecule has 0 atom stereocenters. The van der Waals surface area contributed by atoms with Gasteiger partial charge in [-0.25, -0.2) is 0 Å². The Morgan fingerprint density at radius 2 is 0.967 bits per heavy atom. The number of allylic oxidation sites excluding steroid dienone is 12. The summed E-state index contributed by atoms with van der Waals surface area (Å²) in [5.74, 6) is 0. The van der Waals surface area contributed by atoms with Gasteiger partial charge in [-0.3, -0.25) is 0 Å². The molecule has 0 heteroatoms. The van der Waals surface area contributed by atoms with Crippen LogP contribution in [0.25, 0.3) is 0 Å². The number of hydrogen-bond donors (Lipinski definition) is 0. The molecule has 0 heterocycles. The highest BCUT2D eigenvalue weighted by molar-refractivity contribution is 5.16. The summed E-state index contributed by atoms with van der Waals surface area (Å²) in [6.07, 6.45) is 25.0. The van der Waals surface area contributed by atoms with Crippen LogP contribution in [0.4, 0.5) is 0 Å². The maximum atomic E-state index is 4.25. The minimum Gasteiger partial charge on any atom is -0.0998 e. The smallest absolute Gasteiger partial charge is 0.0250 e. The largest absolute Gasteiger partial charge is 0.0998 e. The molecule has 0 aromatic heterocycles. The summed E-state index contributed by atoms with van der Waals surface area (Å²) in [5.41, 5.74) is 8.39. The maximum Gasteiger partial charge on any atom is -0.0250 e. The third-order valence-electron chi connectivity index (χ3n) is 5.15. The molecule has 30 heavy (non-hydrogen) atoms. The van der Waals surface area contributed by atoms with E-state index in [0.717, 1.165) is 51.4 Å². The average Bonchev–Trinajstić information content (AvgIpc) is 2.64. The van der Waals surface area contributed by atoms with Gasteiger partial charge in [0.1, 0.15) is 0 Å². The van der Waals surface area contributed by atoms with Crippen LogP contribution in [0.2, 0.25) is 0 Å². The summed E-state index contributed by atoms with van der Waals surface area (Å²) >= 11 is 0. The summed E-state index contributed by atoms with van der Waals surface area (Å²) in [4.78, 5) is 0. The molecule has 0 aromatic rings. The summed E-state index contributed by atoms with van der Waals surface area (Å²) in [6, 6.07) is 0. The first-order valence-corrected chi connectivity index (χ1v) is 11.8. The molecular formula is C30H48. The molecule has 0 aliphatic rings. The van der Waals surface area contributed by atoms with Gasteiger partial charge in [0.15, 0.2) is 0 Å². The Bertz CT molecular complexity index is 650. The van der Waals surface area contributed by atoms with Crippen LogP contribution in [0.3, 0.4) is 0 Å². The maximum absolute atomic E-state index is 4.25. The van der Waals surface area contributed by atoms with Crippen molar-refractivity contribution in [2.45, 2.75) is 106 Å². The predicted molar refractivity (Wildman–Crippen MR) is 140 cm³/mol. The minimum absolute atomic E-state index is 1.05. The molecule has 0 aliphatic heterocycles. The Balaban J connectivity index is 3.94. The average molecular weight is 409 g/mol. The molecule has 0 N–H and O–H groups in total. The SMILES string of the molecule is C=C(C=CCCC(=C)CCC=C(C)CCC=C(C)C)CCC=C(C)CCC=C(C)C. The lowest BCUT2D eigenvalue weighted by atomic mass is 10.0. The van der Waals surface area contributed by atoms with E-state index in [1.807, 2.05) is 0 Å². The molecule has 0 bridgehead atoms. The van der Waals surface area contributed by atoms with E-state index in [1.54, 1.807) is 0 Å². The van der Waals surface area contributed by atoms with E-state index < -0.39 is 0 Å². The van der Waals surface area contributed by atoms with Gasteiger partial charge < -0.3 is 0 Å². The van der Waals surface area contributed by atoms with E-state index in [9.17, 15) is 0 Å². The summed E-state index contributed by atoms with van der Waals surface area (Å²) in [5, 5.41) is 0. The van der Waals surface area contributed by atoms with E-state index in [-0.39, 0.29) is 0 Å². The summed E-state index contributed by atoms with van der Waals surface area (Å²) < 4.78 is 0. The molecule has 168 valence electrons. The molecule has 0 aliphatic carbocycles. The van der Waals surface area contributed by atoms with Crippen LogP contribution in [0.15, 0.2) is 83.1 Å². The van der Waals surface area contributed by atoms with Gasteiger partial charge in [0.05, 0.1) is 0 Å². The standard InChI is InChI=1S/C30H48/c1-25(2)15-11-19-29(7)23-13-21-27(5)17-9-10-18-28(6)22-14-24-30(8)20-12-16-26(3)4/h9,15-17,23-24H,5-6,10-14,18-22H2,1-4,7-8H3. The highest BCUT2D eigenvalue weighted by atomic mass is 14.0. The molecule has 0 rings (SSSR count). The van der Waals surface area contributed by atoms with Crippen LogP contribution < -0.4 is 0 Å². The second-order valence-electron chi connectivity index (χ2n) is 9.17. The van der Waals surface area contributed by atoms with E-state index >= 15 is 0 Å². The first-order chi connectivity index (χ1) is 14.2. The molecular weight excluding hydrogens is 360 g/mol. The van der Waals surface area contributed by atoms with Crippen LogP contribution in [0, 0.1) is 0 Å². The van der Waals surface area contributed by atoms with Crippen molar-refractivity contribution in [2.24, 2.45) is 0 Å². The lowest BCUT2D eigenvalue weighted by Gasteiger charge is -2.04. The number of rotatable bonds is 16. The van der Waals surface area contributed by atoms with Crippen molar-refractivity contribution in [3.05, 3.63) is 83.1 Å². The third kappa shape index (κ3) is 19.5. The van der Waals surface area contributed by atoms with Crippen molar-refractivity contribution in [3.8, 4) is 0 Å². The molecule has 0 amide bonds. The van der Waals surface area contributed by atoms with Gasteiger partial charge in [0.2, 0.25) is 0 Å². The summed E-state index contributed by atoms with van der Waals surface area (Å²) in [7, 11) is 0. The molecule has 0 aromatic carbocycles. The molecule has 0 fully saturated rings. The fraction of sp³-hybridized carbons (Fsp3) is 0.533. The van der Waals surface area contributed by atoms with Crippen LogP contribution in [0.1, 0.15) is 106 Å². The van der Waals surface area contributed by atoms with Gasteiger partial charge in [-0.05, 0) is 106 Å². The van der Waals surface area contributed by atoms with Gasteiger partial charge in [-0.1, -0.05) is 83.1 Å². The second kappa shape index (κ2) is 18.0. The zero-order valence-corrected chi connectivity index (χ0v) is 20.9. The quantitative estimate of drug-likeness (QED) is 0.176. The Kier molecular flexibility index (Phi) is 16.9. The van der Waals surface area contributed by atoms with Gasteiger partial charge in [-0.2, -0.15) is 0 Å². The first-order valence-electron chi connectivity index (χ1n) is 11.8. The van der Waals surface area contributed by atoms with Crippen molar-refractivity contribution >= 4 is 0 Å². The summed E-state index contributed by atoms with van der Waals surface area (Å²) in [6.45, 7) is 21.6. The van der Waals surface area contributed by atoms with Crippen LogP contribution in [-0.4, -0.2) is 0 Å².